The first-order chi connectivity index (χ1) is 9.06. The molecule has 1 aromatic heterocycles. The van der Waals surface area contributed by atoms with Crippen LogP contribution in [0, 0.1) is 0 Å². The summed E-state index contributed by atoms with van der Waals surface area (Å²) in [6, 6.07) is -0.219. The predicted octanol–water partition coefficient (Wildman–Crippen LogP) is -0.524. The number of nitrogens with zero attached hydrogens (tertiary/aromatic N) is 1. The minimum absolute atomic E-state index is 0.219. The van der Waals surface area contributed by atoms with Crippen LogP contribution in [0.2, 0.25) is 0 Å². The molecule has 1 aromatic rings. The summed E-state index contributed by atoms with van der Waals surface area (Å²) in [5.41, 5.74) is 10.8. The number of H-pyrrole nitrogens is 1. The Morgan fingerprint density at radius 1 is 1.58 bits per heavy atom. The van der Waals surface area contributed by atoms with Crippen LogP contribution in [0.25, 0.3) is 6.08 Å². The molecule has 5 N–H and O–H groups in total. The molecule has 1 saturated heterocycles. The van der Waals surface area contributed by atoms with Gasteiger partial charge in [-0.25, -0.2) is 4.79 Å². The van der Waals surface area contributed by atoms with E-state index in [9.17, 15) is 9.59 Å². The fourth-order valence-electron chi connectivity index (χ4n) is 2.05. The van der Waals surface area contributed by atoms with E-state index in [1.165, 1.54) is 15.7 Å². The maximum absolute atomic E-state index is 11.8. The SMILES string of the molecule is NC[C@H]1O[C@@H](n2cc(/C=C/Br)c(=O)[nH]c2=O)C[C@@H]1N. The highest BCUT2D eigenvalue weighted by atomic mass is 79.9. The second-order valence-corrected chi connectivity index (χ2v) is 4.84. The van der Waals surface area contributed by atoms with Crippen molar-refractivity contribution in [3.05, 3.63) is 37.6 Å². The molecule has 1 fully saturated rings. The minimum atomic E-state index is -0.522. The van der Waals surface area contributed by atoms with Gasteiger partial charge in [0.05, 0.1) is 11.7 Å². The normalized spacial score (nSPS) is 27.2. The largest absolute Gasteiger partial charge is 0.352 e. The van der Waals surface area contributed by atoms with Crippen LogP contribution in [-0.2, 0) is 4.74 Å². The number of aromatic nitrogens is 2. The molecule has 2 rings (SSSR count). The molecule has 0 saturated carbocycles. The zero-order valence-electron chi connectivity index (χ0n) is 10.1. The van der Waals surface area contributed by atoms with Gasteiger partial charge in [0.1, 0.15) is 6.23 Å². The van der Waals surface area contributed by atoms with E-state index in [4.69, 9.17) is 16.2 Å². The number of nitrogens with one attached hydrogen (secondary N) is 1. The zero-order chi connectivity index (χ0) is 14.0. The van der Waals surface area contributed by atoms with Gasteiger partial charge in [0.25, 0.3) is 5.56 Å². The number of hydrogen-bond donors (Lipinski definition) is 3. The van der Waals surface area contributed by atoms with E-state index in [2.05, 4.69) is 20.9 Å². The van der Waals surface area contributed by atoms with Crippen LogP contribution in [0.1, 0.15) is 18.2 Å². The topological polar surface area (TPSA) is 116 Å². The fourth-order valence-corrected chi connectivity index (χ4v) is 2.34. The Kier molecular flexibility index (Phi) is 4.35. The summed E-state index contributed by atoms with van der Waals surface area (Å²) in [7, 11) is 0. The van der Waals surface area contributed by atoms with Crippen LogP contribution in [0.15, 0.2) is 20.8 Å². The molecule has 0 amide bonds. The fraction of sp³-hybridized carbons (Fsp3) is 0.455. The van der Waals surface area contributed by atoms with Crippen LogP contribution in [0.4, 0.5) is 0 Å². The summed E-state index contributed by atoms with van der Waals surface area (Å²) in [6.07, 6.45) is 2.69. The van der Waals surface area contributed by atoms with E-state index >= 15 is 0 Å². The van der Waals surface area contributed by atoms with Gasteiger partial charge in [0.2, 0.25) is 0 Å². The van der Waals surface area contributed by atoms with E-state index in [0.29, 0.717) is 18.5 Å². The van der Waals surface area contributed by atoms with Gasteiger partial charge in [0, 0.05) is 25.2 Å². The standard InChI is InChI=1S/C11H15BrN4O3/c12-2-1-6-5-16(11(18)15-10(6)17)9-3-7(14)8(4-13)19-9/h1-2,5,7-9H,3-4,13-14H2,(H,15,17,18)/b2-1+/t7-,8+,9+/m0/s1. The molecular formula is C11H15BrN4O3. The summed E-state index contributed by atoms with van der Waals surface area (Å²) in [4.78, 5) is 27.1. The molecule has 7 nitrogen and oxygen atoms in total. The summed E-state index contributed by atoms with van der Waals surface area (Å²) >= 11 is 3.09. The lowest BCUT2D eigenvalue weighted by atomic mass is 10.1. The first kappa shape index (κ1) is 14.2. The van der Waals surface area contributed by atoms with Crippen molar-refractivity contribution in [2.24, 2.45) is 11.5 Å². The quantitative estimate of drug-likeness (QED) is 0.689. The van der Waals surface area contributed by atoms with Gasteiger partial charge in [-0.15, -0.1) is 0 Å². The number of hydrogen-bond acceptors (Lipinski definition) is 5. The minimum Gasteiger partial charge on any atom is -0.352 e. The molecule has 8 heteroatoms. The average molecular weight is 331 g/mol. The van der Waals surface area contributed by atoms with Gasteiger partial charge in [-0.1, -0.05) is 15.9 Å². The lowest BCUT2D eigenvalue weighted by molar-refractivity contribution is 0.00163. The summed E-state index contributed by atoms with van der Waals surface area (Å²) in [5.74, 6) is 0. The predicted molar refractivity (Wildman–Crippen MR) is 74.8 cm³/mol. The summed E-state index contributed by atoms with van der Waals surface area (Å²) in [6.45, 7) is 0.296. The van der Waals surface area contributed by atoms with Gasteiger partial charge >= 0.3 is 5.69 Å². The Morgan fingerprint density at radius 3 is 2.89 bits per heavy atom. The van der Waals surface area contributed by atoms with Gasteiger partial charge < -0.3 is 16.2 Å². The molecular weight excluding hydrogens is 316 g/mol. The van der Waals surface area contributed by atoms with Gasteiger partial charge in [0.15, 0.2) is 0 Å². The monoisotopic (exact) mass is 330 g/mol. The number of aromatic amines is 1. The van der Waals surface area contributed by atoms with Gasteiger partial charge in [-0.3, -0.25) is 14.3 Å². The highest BCUT2D eigenvalue weighted by Crippen LogP contribution is 2.25. The molecule has 1 aliphatic rings. The number of nitrogens with two attached hydrogens (primary N) is 2. The second kappa shape index (κ2) is 5.83. The van der Waals surface area contributed by atoms with Crippen LogP contribution in [0.3, 0.4) is 0 Å². The Hall–Kier alpha value is -1.22. The molecule has 0 radical (unpaired) electrons. The van der Waals surface area contributed by atoms with E-state index in [1.54, 1.807) is 6.08 Å². The Morgan fingerprint density at radius 2 is 2.32 bits per heavy atom. The molecule has 0 spiro atoms. The Bertz CT molecular complexity index is 594. The van der Waals surface area contributed by atoms with E-state index in [-0.39, 0.29) is 12.1 Å². The molecule has 0 aromatic carbocycles. The molecule has 2 heterocycles. The molecule has 104 valence electrons. The highest BCUT2D eigenvalue weighted by molar-refractivity contribution is 9.11. The van der Waals surface area contributed by atoms with E-state index in [1.807, 2.05) is 0 Å². The number of ether oxygens (including phenoxy) is 1. The van der Waals surface area contributed by atoms with Crippen molar-refractivity contribution in [3.63, 3.8) is 0 Å². The Balaban J connectivity index is 2.38. The van der Waals surface area contributed by atoms with Crippen LogP contribution in [0.5, 0.6) is 0 Å². The highest BCUT2D eigenvalue weighted by Gasteiger charge is 2.33. The molecule has 0 unspecified atom stereocenters. The molecule has 0 aliphatic carbocycles. The average Bonchev–Trinajstić information content (AvgIpc) is 2.74. The second-order valence-electron chi connectivity index (χ2n) is 4.31. The van der Waals surface area contributed by atoms with Crippen molar-refractivity contribution in [2.75, 3.05) is 6.54 Å². The van der Waals surface area contributed by atoms with Gasteiger partial charge in [-0.2, -0.15) is 0 Å². The van der Waals surface area contributed by atoms with Crippen LogP contribution >= 0.6 is 15.9 Å². The Labute approximate surface area is 117 Å². The molecule has 0 bridgehead atoms. The van der Waals surface area contributed by atoms with Crippen LogP contribution < -0.4 is 22.7 Å². The lowest BCUT2D eigenvalue weighted by Gasteiger charge is -2.15. The summed E-state index contributed by atoms with van der Waals surface area (Å²) < 4.78 is 6.95. The van der Waals surface area contributed by atoms with Crippen molar-refractivity contribution in [1.29, 1.82) is 0 Å². The lowest BCUT2D eigenvalue weighted by Crippen LogP contribution is -2.36. The number of halogens is 1. The van der Waals surface area contributed by atoms with Crippen molar-refractivity contribution < 1.29 is 4.74 Å². The smallest absolute Gasteiger partial charge is 0.330 e. The third-order valence-electron chi connectivity index (χ3n) is 3.06. The van der Waals surface area contributed by atoms with Crippen LogP contribution in [-0.4, -0.2) is 28.2 Å². The maximum Gasteiger partial charge on any atom is 0.330 e. The third kappa shape index (κ3) is 2.86. The van der Waals surface area contributed by atoms with Crippen molar-refractivity contribution in [1.82, 2.24) is 9.55 Å². The molecule has 3 atom stereocenters. The first-order valence-electron chi connectivity index (χ1n) is 5.80. The van der Waals surface area contributed by atoms with Crippen molar-refractivity contribution >= 4 is 22.0 Å². The maximum atomic E-state index is 11.8. The van der Waals surface area contributed by atoms with Gasteiger partial charge in [-0.05, 0) is 11.1 Å². The van der Waals surface area contributed by atoms with Crippen molar-refractivity contribution in [2.45, 2.75) is 24.8 Å². The molecule has 1 aliphatic heterocycles. The zero-order valence-corrected chi connectivity index (χ0v) is 11.7. The third-order valence-corrected chi connectivity index (χ3v) is 3.33. The summed E-state index contributed by atoms with van der Waals surface area (Å²) in [5, 5.41) is 0. The van der Waals surface area contributed by atoms with Crippen molar-refractivity contribution in [3.8, 4) is 0 Å². The number of rotatable bonds is 3. The first-order valence-corrected chi connectivity index (χ1v) is 6.71. The molecule has 19 heavy (non-hydrogen) atoms. The van der Waals surface area contributed by atoms with E-state index < -0.39 is 17.5 Å². The van der Waals surface area contributed by atoms with E-state index in [0.717, 1.165) is 0 Å².